The zero-order valence-corrected chi connectivity index (χ0v) is 81.3. The number of benzene rings is 21. The quantitative estimate of drug-likeness (QED) is 0.0978. The third-order valence-electron chi connectivity index (χ3n) is 28.3. The fraction of sp³-hybridized carbons (Fsp3) is 0. The Morgan fingerprint density at radius 3 is 1.09 bits per heavy atom. The smallest absolute Gasteiger partial charge is 0.161 e. The summed E-state index contributed by atoms with van der Waals surface area (Å²) in [7, 11) is 0. The second-order valence-electron chi connectivity index (χ2n) is 37.3. The monoisotopic (exact) mass is 1920 g/mol. The van der Waals surface area contributed by atoms with Crippen molar-refractivity contribution < 1.29 is 8.83 Å². The molecule has 0 saturated heterocycles. The molecule has 8 heterocycles. The third-order valence-corrected chi connectivity index (χ3v) is 29.5. The molecule has 0 aliphatic carbocycles. The number of fused-ring (bicyclic) bond motifs is 14. The Morgan fingerprint density at radius 2 is 0.537 bits per heavy atom. The normalized spacial score (nSPS) is 11.5. The maximum atomic E-state index is 6.89. The van der Waals surface area contributed by atoms with E-state index in [1.807, 2.05) is 102 Å². The molecule has 0 bridgehead atoms. The van der Waals surface area contributed by atoms with Gasteiger partial charge in [0.05, 0.1) is 56.8 Å². The Kier molecular flexibility index (Phi) is 22.6. The first-order chi connectivity index (χ1) is 73.9. The van der Waals surface area contributed by atoms with E-state index in [0.29, 0.717) is 17.5 Å². The van der Waals surface area contributed by atoms with Crippen LogP contribution in [-0.2, 0) is 0 Å². The summed E-state index contributed by atoms with van der Waals surface area (Å²) in [4.78, 5) is 42.1. The van der Waals surface area contributed by atoms with Crippen molar-refractivity contribution in [1.29, 1.82) is 0 Å². The van der Waals surface area contributed by atoms with Crippen LogP contribution in [0.3, 0.4) is 0 Å². The van der Waals surface area contributed by atoms with Crippen molar-refractivity contribution in [3.05, 3.63) is 522 Å². The highest BCUT2D eigenvalue weighted by Crippen LogP contribution is 2.54. The lowest BCUT2D eigenvalue weighted by atomic mass is 9.89. The lowest BCUT2D eigenvalue weighted by Gasteiger charge is -2.16. The van der Waals surface area contributed by atoms with Gasteiger partial charge in [0.25, 0.3) is 0 Å². The lowest BCUT2D eigenvalue weighted by Crippen LogP contribution is -1.98. The summed E-state index contributed by atoms with van der Waals surface area (Å²) in [6.45, 7) is 0. The van der Waals surface area contributed by atoms with Crippen LogP contribution in [0.2, 0.25) is 0 Å². The maximum Gasteiger partial charge on any atom is 0.161 e. The van der Waals surface area contributed by atoms with Gasteiger partial charge in [-0.2, -0.15) is 0 Å². The van der Waals surface area contributed by atoms with Crippen LogP contribution in [0.4, 0.5) is 0 Å². The van der Waals surface area contributed by atoms with Gasteiger partial charge in [-0.3, -0.25) is 4.98 Å². The molecule has 0 amide bonds. The van der Waals surface area contributed by atoms with E-state index in [-0.39, 0.29) is 0 Å². The molecule has 696 valence electrons. The van der Waals surface area contributed by atoms with Gasteiger partial charge in [-0.15, -0.1) is 11.3 Å². The maximum absolute atomic E-state index is 6.89. The van der Waals surface area contributed by atoms with Crippen LogP contribution in [0.25, 0.3) is 287 Å². The molecule has 0 N–H and O–H groups in total. The van der Waals surface area contributed by atoms with Crippen molar-refractivity contribution in [3.63, 3.8) is 0 Å². The zero-order valence-electron chi connectivity index (χ0n) is 80.5. The van der Waals surface area contributed by atoms with Crippen molar-refractivity contribution in [2.24, 2.45) is 0 Å². The number of para-hydroxylation sites is 2. The van der Waals surface area contributed by atoms with E-state index in [4.69, 9.17) is 48.7 Å². The van der Waals surface area contributed by atoms with E-state index in [9.17, 15) is 0 Å². The van der Waals surface area contributed by atoms with Crippen LogP contribution in [0.15, 0.2) is 531 Å². The first kappa shape index (κ1) is 88.2. The lowest BCUT2D eigenvalue weighted by molar-refractivity contribution is 0.670. The minimum absolute atomic E-state index is 0.667. The first-order valence-corrected chi connectivity index (χ1v) is 50.9. The van der Waals surface area contributed by atoms with Gasteiger partial charge in [-0.25, -0.2) is 34.9 Å². The van der Waals surface area contributed by atoms with Gasteiger partial charge in [0, 0.05) is 120 Å². The van der Waals surface area contributed by atoms with Crippen molar-refractivity contribution in [2.45, 2.75) is 0 Å². The molecule has 149 heavy (non-hydrogen) atoms. The summed E-state index contributed by atoms with van der Waals surface area (Å²) in [6.07, 6.45) is 1.95. The predicted molar refractivity (Wildman–Crippen MR) is 618 cm³/mol. The van der Waals surface area contributed by atoms with E-state index in [1.165, 1.54) is 42.2 Å². The van der Waals surface area contributed by atoms with Crippen LogP contribution in [0, 0.1) is 0 Å². The number of hydrogen-bond donors (Lipinski definition) is 0. The molecule has 0 aliphatic rings. The van der Waals surface area contributed by atoms with Gasteiger partial charge < -0.3 is 8.83 Å². The first-order valence-electron chi connectivity index (χ1n) is 50.1. The van der Waals surface area contributed by atoms with Gasteiger partial charge in [-0.05, 0) is 143 Å². The molecule has 0 atom stereocenters. The topological polar surface area (TPSA) is 129 Å². The zero-order chi connectivity index (χ0) is 98.6. The standard InChI is InChI=1S/C49H31N3S.C48H30N2O.C41H25N3O/c1-4-16-32(17-5-1)35-22-14-23-36(30-35)43-31-42(34-20-8-3-9-21-34)51-49(52-43)47-38-25-11-10-24-37(38)45(48-46(47)39-26-12-13-29-44(39)53-48)41-28-15-27-40(50-41)33-18-6-2-7-19-33;1-4-15-31(16-5-1)36-25-14-21-34-29-35(27-28-37(34)36)44-38-22-10-11-23-39(38)46(45-40-24-12-13-26-43(40)51-47(44)45)48-49-41(32-17-6-2-7-18-32)30-42(50-48)33-19-8-3-9-20-33;1-3-13-26(14-4-1)33-24-35(44-41(43-33)27-15-5-2-6-16-27)37-30-19-9-10-20-31(30)38(34-23-28-17-7-8-18-29(28)25-42-34)40-39(37)32-21-11-12-22-36(32)45-40/h1-31H;1-30H;1-25H. The molecule has 0 unspecified atom stereocenters. The van der Waals surface area contributed by atoms with Gasteiger partial charge in [0.2, 0.25) is 0 Å². The van der Waals surface area contributed by atoms with Crippen LogP contribution in [0.1, 0.15) is 0 Å². The van der Waals surface area contributed by atoms with Crippen LogP contribution < -0.4 is 0 Å². The van der Waals surface area contributed by atoms with Gasteiger partial charge >= 0.3 is 0 Å². The molecular formula is C138H86N8O2S. The van der Waals surface area contributed by atoms with Crippen molar-refractivity contribution in [2.75, 3.05) is 0 Å². The number of pyridine rings is 2. The Hall–Kier alpha value is -19.7. The third kappa shape index (κ3) is 16.4. The molecule has 11 heteroatoms. The van der Waals surface area contributed by atoms with E-state index in [1.54, 1.807) is 0 Å². The highest BCUT2D eigenvalue weighted by Gasteiger charge is 2.31. The van der Waals surface area contributed by atoms with Crippen molar-refractivity contribution in [3.8, 4) is 169 Å². The summed E-state index contributed by atoms with van der Waals surface area (Å²) in [5.74, 6) is 2.05. The summed E-state index contributed by atoms with van der Waals surface area (Å²) in [5, 5.41) is 17.6. The highest BCUT2D eigenvalue weighted by molar-refractivity contribution is 7.26. The minimum Gasteiger partial charge on any atom is -0.455 e. The van der Waals surface area contributed by atoms with Gasteiger partial charge in [0.15, 0.2) is 17.5 Å². The molecule has 29 rings (SSSR count). The fourth-order valence-electron chi connectivity index (χ4n) is 21.4. The summed E-state index contributed by atoms with van der Waals surface area (Å²) in [6, 6.07) is 179. The molecule has 0 aliphatic heterocycles. The number of hydrogen-bond acceptors (Lipinski definition) is 11. The molecule has 21 aromatic carbocycles. The number of rotatable bonds is 15. The average molecular weight is 1920 g/mol. The van der Waals surface area contributed by atoms with E-state index in [0.717, 1.165) is 227 Å². The SMILES string of the molecule is c1ccc(-c2cc(-c3c4ccccc4c(-c4cc5ccccc5cn4)c4oc5ccccc5c34)nc(-c3ccccc3)n2)cc1.c1ccc(-c2cc(-c3ccccc3)nc(-c3c4ccccc4c(-c4ccc5c(-c6ccccc6)cccc5c4)c4oc5ccccc5c34)n2)cc1.c1ccc(-c2cccc(-c3cc(-c4ccccc4)nc(-c4c5ccccc5c(-c5cccc(-c6ccccc6)n5)c5sc6ccccc6c45)n3)c2)cc1. The Morgan fingerprint density at radius 1 is 0.168 bits per heavy atom. The second-order valence-corrected chi connectivity index (χ2v) is 38.3. The number of furan rings is 2. The molecule has 0 spiro atoms. The Balaban J connectivity index is 0.000000110. The molecule has 10 nitrogen and oxygen atoms in total. The molecule has 29 aromatic rings. The van der Waals surface area contributed by atoms with Crippen LogP contribution >= 0.6 is 11.3 Å². The average Bonchev–Trinajstić information content (AvgIpc) is 1.60. The second kappa shape index (κ2) is 38.2. The molecule has 0 saturated carbocycles. The van der Waals surface area contributed by atoms with E-state index < -0.39 is 0 Å². The van der Waals surface area contributed by atoms with Crippen molar-refractivity contribution in [1.82, 2.24) is 39.9 Å². The summed E-state index contributed by atoms with van der Waals surface area (Å²) in [5.41, 5.74) is 30.6. The van der Waals surface area contributed by atoms with Gasteiger partial charge in [-0.1, -0.05) is 449 Å². The fourth-order valence-corrected chi connectivity index (χ4v) is 22.7. The number of thiophene rings is 1. The summed E-state index contributed by atoms with van der Waals surface area (Å²) >= 11 is 1.81. The van der Waals surface area contributed by atoms with Crippen LogP contribution in [0.5, 0.6) is 0 Å². The van der Waals surface area contributed by atoms with E-state index >= 15 is 0 Å². The largest absolute Gasteiger partial charge is 0.455 e. The van der Waals surface area contributed by atoms with Crippen LogP contribution in [-0.4, -0.2) is 39.9 Å². The van der Waals surface area contributed by atoms with E-state index in [2.05, 4.69) is 431 Å². The predicted octanol–water partition coefficient (Wildman–Crippen LogP) is 37.2. The van der Waals surface area contributed by atoms with Gasteiger partial charge in [0.1, 0.15) is 22.3 Å². The Bertz CT molecular complexity index is 10100. The molecule has 0 fully saturated rings. The van der Waals surface area contributed by atoms with Crippen molar-refractivity contribution >= 4 is 129 Å². The highest BCUT2D eigenvalue weighted by atomic mass is 32.1. The minimum atomic E-state index is 0.667. The molecule has 0 radical (unpaired) electrons. The Labute approximate surface area is 862 Å². The number of nitrogens with zero attached hydrogens (tertiary/aromatic N) is 8. The molecule has 8 aromatic heterocycles. The number of aromatic nitrogens is 8. The molecular weight excluding hydrogens is 1830 g/mol. The summed E-state index contributed by atoms with van der Waals surface area (Å²) < 4.78 is 16.1.